The number of nitrogens with zero attached hydrogens (tertiary/aromatic N) is 1. The summed E-state index contributed by atoms with van der Waals surface area (Å²) in [6, 6.07) is 9.35. The van der Waals surface area contributed by atoms with Crippen LogP contribution in [0.2, 0.25) is 0 Å². The maximum Gasteiger partial charge on any atom is 0.234 e. The summed E-state index contributed by atoms with van der Waals surface area (Å²) in [5, 5.41) is 14.4. The first-order valence-electron chi connectivity index (χ1n) is 11.0. The Morgan fingerprint density at radius 1 is 1.25 bits per heavy atom. The number of hydrogen-bond donors (Lipinski definition) is 2. The Balaban J connectivity index is 0.00000289. The summed E-state index contributed by atoms with van der Waals surface area (Å²) in [5.41, 5.74) is 0.293. The number of hydrogen-bond acceptors (Lipinski definition) is 6. The zero-order valence-electron chi connectivity index (χ0n) is 18.7. The van der Waals surface area contributed by atoms with Gasteiger partial charge in [0.15, 0.2) is 0 Å². The van der Waals surface area contributed by atoms with E-state index in [9.17, 15) is 9.90 Å². The van der Waals surface area contributed by atoms with Crippen molar-refractivity contribution in [3.05, 3.63) is 47.9 Å². The van der Waals surface area contributed by atoms with E-state index >= 15 is 0 Å². The molecule has 8 heteroatoms. The molecule has 0 bridgehead atoms. The Hall–Kier alpha value is -2.22. The number of amides is 1. The summed E-state index contributed by atoms with van der Waals surface area (Å²) < 4.78 is 16.4. The SMILES string of the molecule is COc1ccc([C@H]2[C@@H]3CCCC[C@]3(O)CCN2CC(=O)NCc2ccco2)c(OC)c1.Cl. The smallest absolute Gasteiger partial charge is 0.234 e. The number of carbonyl (C=O) groups excluding carboxylic acids is 1. The number of aliphatic hydroxyl groups is 1. The van der Waals surface area contributed by atoms with E-state index in [1.807, 2.05) is 30.3 Å². The van der Waals surface area contributed by atoms with Gasteiger partial charge >= 0.3 is 0 Å². The predicted molar refractivity (Wildman–Crippen MR) is 123 cm³/mol. The number of nitrogens with one attached hydrogen (secondary N) is 1. The normalized spacial score (nSPS) is 25.3. The monoisotopic (exact) mass is 464 g/mol. The van der Waals surface area contributed by atoms with Gasteiger partial charge in [0, 0.05) is 30.1 Å². The van der Waals surface area contributed by atoms with Gasteiger partial charge in [0.05, 0.1) is 39.2 Å². The summed E-state index contributed by atoms with van der Waals surface area (Å²) in [5.74, 6) is 2.16. The van der Waals surface area contributed by atoms with Crippen LogP contribution in [-0.2, 0) is 11.3 Å². The van der Waals surface area contributed by atoms with Crippen LogP contribution in [0.1, 0.15) is 49.5 Å². The summed E-state index contributed by atoms with van der Waals surface area (Å²) >= 11 is 0. The van der Waals surface area contributed by atoms with E-state index in [0.29, 0.717) is 19.5 Å². The average molecular weight is 465 g/mol. The molecule has 1 saturated carbocycles. The Labute approximate surface area is 195 Å². The lowest BCUT2D eigenvalue weighted by Gasteiger charge is -2.52. The molecule has 2 aromatic rings. The van der Waals surface area contributed by atoms with E-state index in [1.54, 1.807) is 20.5 Å². The summed E-state index contributed by atoms with van der Waals surface area (Å²) in [4.78, 5) is 15.0. The molecule has 0 radical (unpaired) electrons. The number of likely N-dealkylation sites (tertiary alicyclic amines) is 1. The standard InChI is InChI=1S/C24H32N2O5.ClH/c1-29-17-8-9-19(21(14-17)30-2)23-20-7-3-4-10-24(20,28)11-12-26(23)16-22(27)25-15-18-6-5-13-31-18;/h5-6,8-9,13-14,20,23,28H,3-4,7,10-12,15-16H2,1-2H3,(H,25,27);1H/t20-,23-,24-;/m0./s1. The molecule has 1 amide bonds. The lowest BCUT2D eigenvalue weighted by atomic mass is 9.66. The molecule has 32 heavy (non-hydrogen) atoms. The van der Waals surface area contributed by atoms with Crippen LogP contribution >= 0.6 is 12.4 Å². The number of halogens is 1. The molecule has 7 nitrogen and oxygen atoms in total. The Kier molecular flexibility index (Phi) is 8.09. The van der Waals surface area contributed by atoms with Gasteiger partial charge in [0.2, 0.25) is 5.91 Å². The number of ether oxygens (including phenoxy) is 2. The maximum atomic E-state index is 12.8. The second kappa shape index (κ2) is 10.6. The molecular formula is C24H33ClN2O5. The quantitative estimate of drug-likeness (QED) is 0.650. The van der Waals surface area contributed by atoms with Crippen LogP contribution in [-0.4, -0.2) is 48.8 Å². The molecule has 1 aromatic heterocycles. The largest absolute Gasteiger partial charge is 0.497 e. The Morgan fingerprint density at radius 2 is 2.09 bits per heavy atom. The fourth-order valence-electron chi connectivity index (χ4n) is 5.24. The van der Waals surface area contributed by atoms with Gasteiger partial charge in [-0.25, -0.2) is 0 Å². The third-order valence-electron chi connectivity index (χ3n) is 6.82. The van der Waals surface area contributed by atoms with Gasteiger partial charge in [-0.05, 0) is 37.5 Å². The second-order valence-corrected chi connectivity index (χ2v) is 8.59. The molecule has 2 heterocycles. The molecule has 2 N–H and O–H groups in total. The first-order valence-corrected chi connectivity index (χ1v) is 11.0. The number of carbonyl (C=O) groups is 1. The highest BCUT2D eigenvalue weighted by Gasteiger charge is 2.49. The highest BCUT2D eigenvalue weighted by molar-refractivity contribution is 5.85. The van der Waals surface area contributed by atoms with Gasteiger partial charge in [-0.3, -0.25) is 9.69 Å². The molecule has 1 aliphatic heterocycles. The molecule has 4 rings (SSSR count). The number of rotatable bonds is 7. The van der Waals surface area contributed by atoms with Crippen molar-refractivity contribution in [2.75, 3.05) is 27.3 Å². The zero-order chi connectivity index (χ0) is 21.8. The van der Waals surface area contributed by atoms with Gasteiger partial charge in [0.25, 0.3) is 0 Å². The van der Waals surface area contributed by atoms with Crippen molar-refractivity contribution in [2.45, 2.75) is 50.3 Å². The van der Waals surface area contributed by atoms with Gasteiger partial charge in [-0.2, -0.15) is 0 Å². The zero-order valence-corrected chi connectivity index (χ0v) is 19.5. The average Bonchev–Trinajstić information content (AvgIpc) is 3.31. The van der Waals surface area contributed by atoms with Crippen molar-refractivity contribution in [1.82, 2.24) is 10.2 Å². The van der Waals surface area contributed by atoms with Crippen LogP contribution in [0, 0.1) is 5.92 Å². The minimum absolute atomic E-state index is 0. The van der Waals surface area contributed by atoms with Crippen molar-refractivity contribution >= 4 is 18.3 Å². The summed E-state index contributed by atoms with van der Waals surface area (Å²) in [6.07, 6.45) is 6.15. The lowest BCUT2D eigenvalue weighted by molar-refractivity contribution is -0.138. The minimum atomic E-state index is -0.699. The highest BCUT2D eigenvalue weighted by atomic mass is 35.5. The van der Waals surface area contributed by atoms with Gasteiger partial charge in [-0.15, -0.1) is 12.4 Å². The van der Waals surface area contributed by atoms with Crippen LogP contribution < -0.4 is 14.8 Å². The molecule has 2 aliphatic rings. The molecule has 0 unspecified atom stereocenters. The van der Waals surface area contributed by atoms with Crippen LogP contribution in [0.3, 0.4) is 0 Å². The number of furan rings is 1. The Bertz CT molecular complexity index is 891. The Morgan fingerprint density at radius 3 is 2.81 bits per heavy atom. The first kappa shape index (κ1) is 24.4. The number of piperidine rings is 1. The molecular weight excluding hydrogens is 432 g/mol. The number of fused-ring (bicyclic) bond motifs is 1. The topological polar surface area (TPSA) is 84.2 Å². The molecule has 2 fully saturated rings. The van der Waals surface area contributed by atoms with E-state index in [0.717, 1.165) is 48.5 Å². The van der Waals surface area contributed by atoms with Crippen molar-refractivity contribution < 1.29 is 23.8 Å². The van der Waals surface area contributed by atoms with Crippen molar-refractivity contribution in [3.8, 4) is 11.5 Å². The van der Waals surface area contributed by atoms with Crippen LogP contribution in [0.25, 0.3) is 0 Å². The van der Waals surface area contributed by atoms with Crippen LogP contribution in [0.5, 0.6) is 11.5 Å². The van der Waals surface area contributed by atoms with Crippen molar-refractivity contribution in [3.63, 3.8) is 0 Å². The summed E-state index contributed by atoms with van der Waals surface area (Å²) in [7, 11) is 3.28. The minimum Gasteiger partial charge on any atom is -0.497 e. The second-order valence-electron chi connectivity index (χ2n) is 8.59. The van der Waals surface area contributed by atoms with Gasteiger partial charge < -0.3 is 24.3 Å². The van der Waals surface area contributed by atoms with Gasteiger partial charge in [-0.1, -0.05) is 18.9 Å². The molecule has 176 valence electrons. The molecule has 1 saturated heterocycles. The first-order chi connectivity index (χ1) is 15.0. The van der Waals surface area contributed by atoms with Gasteiger partial charge in [0.1, 0.15) is 17.3 Å². The molecule has 0 spiro atoms. The van der Waals surface area contributed by atoms with E-state index < -0.39 is 5.60 Å². The maximum absolute atomic E-state index is 12.8. The number of methoxy groups -OCH3 is 2. The van der Waals surface area contributed by atoms with Crippen molar-refractivity contribution in [1.29, 1.82) is 0 Å². The van der Waals surface area contributed by atoms with Crippen LogP contribution in [0.15, 0.2) is 41.0 Å². The van der Waals surface area contributed by atoms with E-state index in [4.69, 9.17) is 13.9 Å². The van der Waals surface area contributed by atoms with E-state index in [1.165, 1.54) is 0 Å². The third kappa shape index (κ3) is 5.05. The van der Waals surface area contributed by atoms with Crippen molar-refractivity contribution in [2.24, 2.45) is 5.92 Å². The lowest BCUT2D eigenvalue weighted by Crippen LogP contribution is -2.56. The molecule has 1 aliphatic carbocycles. The third-order valence-corrected chi connectivity index (χ3v) is 6.82. The fourth-order valence-corrected chi connectivity index (χ4v) is 5.24. The van der Waals surface area contributed by atoms with E-state index in [-0.39, 0.29) is 36.8 Å². The predicted octanol–water partition coefficient (Wildman–Crippen LogP) is 3.70. The highest BCUT2D eigenvalue weighted by Crippen LogP contribution is 2.51. The fraction of sp³-hybridized carbons (Fsp3) is 0.542. The van der Waals surface area contributed by atoms with E-state index in [2.05, 4.69) is 10.2 Å². The summed E-state index contributed by atoms with van der Waals surface area (Å²) in [6.45, 7) is 1.28. The van der Waals surface area contributed by atoms with Crippen LogP contribution in [0.4, 0.5) is 0 Å². The molecule has 1 aromatic carbocycles. The molecule has 3 atom stereocenters. The number of benzene rings is 1.